The van der Waals surface area contributed by atoms with Crippen molar-refractivity contribution in [1.29, 1.82) is 0 Å². The maximum atomic E-state index is 13.9. The molecule has 35 heavy (non-hydrogen) atoms. The molecule has 1 aromatic heterocycles. The second kappa shape index (κ2) is 9.62. The van der Waals surface area contributed by atoms with Crippen LogP contribution in [0.1, 0.15) is 43.7 Å². The van der Waals surface area contributed by atoms with Crippen molar-refractivity contribution in [2.24, 2.45) is 0 Å². The Labute approximate surface area is 204 Å². The van der Waals surface area contributed by atoms with Crippen LogP contribution in [0.5, 0.6) is 5.75 Å². The van der Waals surface area contributed by atoms with Gasteiger partial charge in [-0.3, -0.25) is 9.36 Å². The van der Waals surface area contributed by atoms with Gasteiger partial charge in [0.1, 0.15) is 11.6 Å². The van der Waals surface area contributed by atoms with Crippen LogP contribution < -0.4 is 15.6 Å². The maximum Gasteiger partial charge on any atom is 0.323 e. The Morgan fingerprint density at radius 2 is 1.80 bits per heavy atom. The molecule has 7 heteroatoms. The van der Waals surface area contributed by atoms with Crippen LogP contribution in [0.25, 0.3) is 10.9 Å². The van der Waals surface area contributed by atoms with Crippen molar-refractivity contribution in [2.45, 2.75) is 38.9 Å². The fraction of sp³-hybridized carbons (Fsp3) is 0.250. The first-order valence-corrected chi connectivity index (χ1v) is 11.9. The largest absolute Gasteiger partial charge is 0.492 e. The molecule has 4 aromatic rings. The molecule has 0 saturated carbocycles. The van der Waals surface area contributed by atoms with Gasteiger partial charge in [-0.1, -0.05) is 54.6 Å². The van der Waals surface area contributed by atoms with Crippen LogP contribution >= 0.6 is 0 Å². The summed E-state index contributed by atoms with van der Waals surface area (Å²) in [6.45, 7) is 4.92. The number of nitrogens with one attached hydrogen (secondary N) is 1. The van der Waals surface area contributed by atoms with Gasteiger partial charge in [-0.25, -0.2) is 9.78 Å². The summed E-state index contributed by atoms with van der Waals surface area (Å²) < 4.78 is 7.42. The molecule has 5 rings (SSSR count). The van der Waals surface area contributed by atoms with Crippen molar-refractivity contribution in [2.75, 3.05) is 11.9 Å². The molecule has 3 aromatic carbocycles. The zero-order chi connectivity index (χ0) is 24.4. The maximum absolute atomic E-state index is 13.9. The molecular weight excluding hydrogens is 440 g/mol. The van der Waals surface area contributed by atoms with Gasteiger partial charge in [0, 0.05) is 6.54 Å². The Balaban J connectivity index is 1.57. The van der Waals surface area contributed by atoms with Gasteiger partial charge in [-0.2, -0.15) is 0 Å². The molecule has 1 aliphatic rings. The Morgan fingerprint density at radius 1 is 1.09 bits per heavy atom. The number of para-hydroxylation sites is 3. The standard InChI is InChI=1S/C28H28N4O3/c1-3-35-25-16-10-9-15-23(25)30-28(34)32(19(2)20-11-5-4-6-12-20)24-17-18-31-26(24)29-22-14-8-7-13-21(22)27(31)33/h4-16,19,24H,3,17-18H2,1-2H3,(H,30,34)/t19-,24+/m1/s1. The van der Waals surface area contributed by atoms with Crippen LogP contribution in [0, 0.1) is 0 Å². The molecule has 0 saturated heterocycles. The van der Waals surface area contributed by atoms with Gasteiger partial charge in [0.05, 0.1) is 35.3 Å². The molecule has 0 spiro atoms. The van der Waals surface area contributed by atoms with E-state index in [0.717, 1.165) is 5.56 Å². The molecule has 1 aliphatic heterocycles. The Morgan fingerprint density at radius 3 is 2.60 bits per heavy atom. The van der Waals surface area contributed by atoms with Gasteiger partial charge in [0.2, 0.25) is 0 Å². The molecular formula is C28H28N4O3. The summed E-state index contributed by atoms with van der Waals surface area (Å²) in [6.07, 6.45) is 0.607. The lowest BCUT2D eigenvalue weighted by Gasteiger charge is -2.34. The number of anilines is 1. The zero-order valence-electron chi connectivity index (χ0n) is 19.8. The molecule has 0 unspecified atom stereocenters. The average molecular weight is 469 g/mol. The number of aromatic nitrogens is 2. The summed E-state index contributed by atoms with van der Waals surface area (Å²) in [7, 11) is 0. The number of hydrogen-bond acceptors (Lipinski definition) is 4. The van der Waals surface area contributed by atoms with Gasteiger partial charge < -0.3 is 15.0 Å². The highest BCUT2D eigenvalue weighted by Gasteiger charge is 2.37. The van der Waals surface area contributed by atoms with E-state index in [1.807, 2.05) is 86.6 Å². The fourth-order valence-corrected chi connectivity index (χ4v) is 4.81. The van der Waals surface area contributed by atoms with Crippen molar-refractivity contribution >= 4 is 22.6 Å². The highest BCUT2D eigenvalue weighted by Crippen LogP contribution is 2.37. The van der Waals surface area contributed by atoms with E-state index in [9.17, 15) is 9.59 Å². The minimum absolute atomic E-state index is 0.0671. The van der Waals surface area contributed by atoms with E-state index in [2.05, 4.69) is 5.32 Å². The van der Waals surface area contributed by atoms with E-state index in [0.29, 0.717) is 47.7 Å². The van der Waals surface area contributed by atoms with Gasteiger partial charge >= 0.3 is 6.03 Å². The van der Waals surface area contributed by atoms with E-state index < -0.39 is 0 Å². The Kier molecular flexibility index (Phi) is 6.23. The Hall–Kier alpha value is -4.13. The van der Waals surface area contributed by atoms with E-state index in [4.69, 9.17) is 9.72 Å². The highest BCUT2D eigenvalue weighted by atomic mass is 16.5. The summed E-state index contributed by atoms with van der Waals surface area (Å²) in [4.78, 5) is 33.7. The summed E-state index contributed by atoms with van der Waals surface area (Å²) in [5.41, 5.74) is 2.18. The lowest BCUT2D eigenvalue weighted by Crippen LogP contribution is -2.40. The van der Waals surface area contributed by atoms with Gasteiger partial charge in [0.15, 0.2) is 0 Å². The van der Waals surface area contributed by atoms with Crippen LogP contribution in [-0.4, -0.2) is 27.1 Å². The second-order valence-electron chi connectivity index (χ2n) is 8.60. The van der Waals surface area contributed by atoms with Crippen molar-refractivity contribution < 1.29 is 9.53 Å². The molecule has 1 N–H and O–H groups in total. The van der Waals surface area contributed by atoms with Crippen molar-refractivity contribution in [3.63, 3.8) is 0 Å². The normalized spacial score (nSPS) is 15.4. The third-order valence-electron chi connectivity index (χ3n) is 6.51. The molecule has 2 amide bonds. The van der Waals surface area contributed by atoms with Crippen LogP contribution in [0.2, 0.25) is 0 Å². The minimum atomic E-state index is -0.359. The van der Waals surface area contributed by atoms with Crippen LogP contribution in [-0.2, 0) is 6.54 Å². The zero-order valence-corrected chi connectivity index (χ0v) is 19.8. The number of urea groups is 1. The number of nitrogens with zero attached hydrogens (tertiary/aromatic N) is 3. The molecule has 0 radical (unpaired) electrons. The number of amides is 2. The van der Waals surface area contributed by atoms with E-state index in [-0.39, 0.29) is 23.7 Å². The van der Waals surface area contributed by atoms with Crippen LogP contribution in [0.15, 0.2) is 83.7 Å². The van der Waals surface area contributed by atoms with E-state index in [1.54, 1.807) is 15.5 Å². The molecule has 2 heterocycles. The van der Waals surface area contributed by atoms with Crippen molar-refractivity contribution in [3.8, 4) is 5.75 Å². The predicted molar refractivity (Wildman–Crippen MR) is 137 cm³/mol. The Bertz CT molecular complexity index is 1420. The van der Waals surface area contributed by atoms with E-state index >= 15 is 0 Å². The van der Waals surface area contributed by atoms with Gasteiger partial charge in [0.25, 0.3) is 5.56 Å². The third-order valence-corrected chi connectivity index (χ3v) is 6.51. The lowest BCUT2D eigenvalue weighted by molar-refractivity contribution is 0.159. The summed E-state index contributed by atoms with van der Waals surface area (Å²) in [5.74, 6) is 1.23. The number of rotatable bonds is 6. The number of benzene rings is 3. The molecule has 0 bridgehead atoms. The SMILES string of the molecule is CCOc1ccccc1NC(=O)N([C@H](C)c1ccccc1)[C@H]1CCn2c1nc1ccccc1c2=O. The number of ether oxygens (including phenoxy) is 1. The summed E-state index contributed by atoms with van der Waals surface area (Å²) in [6, 6.07) is 23.8. The first-order chi connectivity index (χ1) is 17.1. The van der Waals surface area contributed by atoms with Crippen molar-refractivity contribution in [1.82, 2.24) is 14.5 Å². The monoisotopic (exact) mass is 468 g/mol. The summed E-state index contributed by atoms with van der Waals surface area (Å²) in [5, 5.41) is 3.64. The second-order valence-corrected chi connectivity index (χ2v) is 8.60. The predicted octanol–water partition coefficient (Wildman–Crippen LogP) is 5.54. The minimum Gasteiger partial charge on any atom is -0.492 e. The quantitative estimate of drug-likeness (QED) is 0.403. The molecule has 2 atom stereocenters. The average Bonchev–Trinajstić information content (AvgIpc) is 3.30. The first-order valence-electron chi connectivity index (χ1n) is 11.9. The molecule has 0 fully saturated rings. The topological polar surface area (TPSA) is 76.5 Å². The van der Waals surface area contributed by atoms with Crippen LogP contribution in [0.3, 0.4) is 0 Å². The number of carbonyl (C=O) groups is 1. The summed E-state index contributed by atoms with van der Waals surface area (Å²) >= 11 is 0. The number of fused-ring (bicyclic) bond motifs is 2. The lowest BCUT2D eigenvalue weighted by atomic mass is 10.0. The van der Waals surface area contributed by atoms with Gasteiger partial charge in [-0.05, 0) is 50.1 Å². The fourth-order valence-electron chi connectivity index (χ4n) is 4.81. The number of carbonyl (C=O) groups excluding carboxylic acids is 1. The van der Waals surface area contributed by atoms with Crippen molar-refractivity contribution in [3.05, 3.63) is 101 Å². The number of hydrogen-bond donors (Lipinski definition) is 1. The van der Waals surface area contributed by atoms with E-state index in [1.165, 1.54) is 0 Å². The third kappa shape index (κ3) is 4.25. The highest BCUT2D eigenvalue weighted by molar-refractivity contribution is 5.91. The smallest absolute Gasteiger partial charge is 0.323 e. The molecule has 178 valence electrons. The molecule has 7 nitrogen and oxygen atoms in total. The van der Waals surface area contributed by atoms with Gasteiger partial charge in [-0.15, -0.1) is 0 Å². The molecule has 0 aliphatic carbocycles. The van der Waals surface area contributed by atoms with Crippen LogP contribution in [0.4, 0.5) is 10.5 Å². The first kappa shape index (κ1) is 22.7.